The fraction of sp³-hybridized carbons (Fsp3) is 0.429. The zero-order valence-corrected chi connectivity index (χ0v) is 11.6. The van der Waals surface area contributed by atoms with Gasteiger partial charge in [0.25, 0.3) is 0 Å². The molecule has 2 amide bonds. The van der Waals surface area contributed by atoms with Crippen LogP contribution in [0.5, 0.6) is 0 Å². The fourth-order valence-electron chi connectivity index (χ4n) is 1.38. The van der Waals surface area contributed by atoms with Crippen molar-refractivity contribution in [2.45, 2.75) is 33.2 Å². The van der Waals surface area contributed by atoms with E-state index in [0.717, 1.165) is 0 Å². The molecule has 0 heterocycles. The number of carbonyl (C=O) groups excluding carboxylic acids is 2. The average Bonchev–Trinajstić information content (AvgIpc) is 2.37. The second kappa shape index (κ2) is 6.89. The highest BCUT2D eigenvalue weighted by Crippen LogP contribution is 2.16. The van der Waals surface area contributed by atoms with Crippen molar-refractivity contribution in [3.8, 4) is 0 Å². The summed E-state index contributed by atoms with van der Waals surface area (Å²) in [7, 11) is 0. The molecule has 0 radical (unpaired) electrons. The summed E-state index contributed by atoms with van der Waals surface area (Å²) in [4.78, 5) is 23.2. The van der Waals surface area contributed by atoms with E-state index < -0.39 is 6.04 Å². The van der Waals surface area contributed by atoms with E-state index in [1.807, 2.05) is 20.8 Å². The summed E-state index contributed by atoms with van der Waals surface area (Å²) in [5.74, 6) is -0.379. The number of carbonyl (C=O) groups is 2. The largest absolute Gasteiger partial charge is 0.326 e. The molecule has 5 heteroatoms. The van der Waals surface area contributed by atoms with Crippen LogP contribution in [0.1, 0.15) is 27.2 Å². The number of rotatable bonds is 5. The van der Waals surface area contributed by atoms with Gasteiger partial charge in [-0.1, -0.05) is 26.8 Å². The maximum atomic E-state index is 11.7. The molecule has 1 aromatic carbocycles. The predicted octanol–water partition coefficient (Wildman–Crippen LogP) is 1.96. The average molecular weight is 263 g/mol. The predicted molar refractivity (Wildman–Crippen MR) is 76.8 cm³/mol. The van der Waals surface area contributed by atoms with Gasteiger partial charge in [-0.2, -0.15) is 0 Å². The van der Waals surface area contributed by atoms with Gasteiger partial charge < -0.3 is 16.4 Å². The van der Waals surface area contributed by atoms with Crippen molar-refractivity contribution in [3.63, 3.8) is 0 Å². The van der Waals surface area contributed by atoms with Gasteiger partial charge >= 0.3 is 0 Å². The van der Waals surface area contributed by atoms with Crippen LogP contribution < -0.4 is 16.4 Å². The molecule has 1 rings (SSSR count). The highest BCUT2D eigenvalue weighted by atomic mass is 16.2. The van der Waals surface area contributed by atoms with Crippen LogP contribution in [0.3, 0.4) is 0 Å². The Morgan fingerprint density at radius 3 is 2.16 bits per heavy atom. The Bertz CT molecular complexity index is 458. The molecule has 4 N–H and O–H groups in total. The third-order valence-corrected chi connectivity index (χ3v) is 2.70. The molecule has 104 valence electrons. The quantitative estimate of drug-likeness (QED) is 0.759. The van der Waals surface area contributed by atoms with Crippen LogP contribution in [0.25, 0.3) is 0 Å². The smallest absolute Gasteiger partial charge is 0.241 e. The molecule has 0 unspecified atom stereocenters. The number of anilines is 2. The Balaban J connectivity index is 2.72. The molecule has 0 fully saturated rings. The molecule has 0 saturated carbocycles. The van der Waals surface area contributed by atoms with E-state index in [2.05, 4.69) is 10.6 Å². The van der Waals surface area contributed by atoms with Crippen molar-refractivity contribution in [1.82, 2.24) is 0 Å². The molecule has 0 aliphatic heterocycles. The van der Waals surface area contributed by atoms with Crippen molar-refractivity contribution in [2.24, 2.45) is 11.7 Å². The van der Waals surface area contributed by atoms with Crippen LogP contribution in [0, 0.1) is 5.92 Å². The van der Waals surface area contributed by atoms with Gasteiger partial charge in [-0.25, -0.2) is 0 Å². The first-order valence-electron chi connectivity index (χ1n) is 6.41. The Hall–Kier alpha value is -1.88. The number of hydrogen-bond donors (Lipinski definition) is 3. The molecule has 1 atom stereocenters. The van der Waals surface area contributed by atoms with Crippen LogP contribution in [0.2, 0.25) is 0 Å². The first kappa shape index (κ1) is 15.2. The van der Waals surface area contributed by atoms with Gasteiger partial charge in [-0.05, 0) is 24.6 Å². The van der Waals surface area contributed by atoms with Crippen molar-refractivity contribution < 1.29 is 9.59 Å². The third-order valence-electron chi connectivity index (χ3n) is 2.70. The molecule has 5 nitrogen and oxygen atoms in total. The summed E-state index contributed by atoms with van der Waals surface area (Å²) < 4.78 is 0. The topological polar surface area (TPSA) is 84.2 Å². The second-order valence-electron chi connectivity index (χ2n) is 4.73. The maximum Gasteiger partial charge on any atom is 0.241 e. The van der Waals surface area contributed by atoms with E-state index in [-0.39, 0.29) is 17.7 Å². The van der Waals surface area contributed by atoms with E-state index in [0.29, 0.717) is 17.8 Å². The normalized spacial score (nSPS) is 12.1. The Kier molecular flexibility index (Phi) is 5.51. The SMILES string of the molecule is CC[C@H](N)C(=O)Nc1cccc(NC(=O)C(C)C)c1. The monoisotopic (exact) mass is 263 g/mol. The van der Waals surface area contributed by atoms with Gasteiger partial charge in [0.15, 0.2) is 0 Å². The van der Waals surface area contributed by atoms with Crippen LogP contribution in [-0.4, -0.2) is 17.9 Å². The lowest BCUT2D eigenvalue weighted by atomic mass is 10.2. The molecule has 1 aromatic rings. The standard InChI is InChI=1S/C14H21N3O2/c1-4-12(15)14(19)17-11-7-5-6-10(8-11)16-13(18)9(2)3/h5-9,12H,4,15H2,1-3H3,(H,16,18)(H,17,19)/t12-/m0/s1. The number of nitrogens with one attached hydrogen (secondary N) is 2. The second-order valence-corrected chi connectivity index (χ2v) is 4.73. The number of nitrogens with two attached hydrogens (primary N) is 1. The maximum absolute atomic E-state index is 11.7. The lowest BCUT2D eigenvalue weighted by Crippen LogP contribution is -2.34. The molecule has 0 aliphatic carbocycles. The number of benzene rings is 1. The van der Waals surface area contributed by atoms with E-state index in [9.17, 15) is 9.59 Å². The summed E-state index contributed by atoms with van der Waals surface area (Å²) in [5, 5.41) is 5.50. The van der Waals surface area contributed by atoms with Crippen molar-refractivity contribution >= 4 is 23.2 Å². The molecule has 0 bridgehead atoms. The Morgan fingerprint density at radius 1 is 1.16 bits per heavy atom. The van der Waals surface area contributed by atoms with Crippen molar-refractivity contribution in [3.05, 3.63) is 24.3 Å². The van der Waals surface area contributed by atoms with Crippen LogP contribution >= 0.6 is 0 Å². The van der Waals surface area contributed by atoms with Gasteiger partial charge in [0.2, 0.25) is 11.8 Å². The van der Waals surface area contributed by atoms with Crippen molar-refractivity contribution in [2.75, 3.05) is 10.6 Å². The fourth-order valence-corrected chi connectivity index (χ4v) is 1.38. The van der Waals surface area contributed by atoms with Crippen LogP contribution in [-0.2, 0) is 9.59 Å². The molecular formula is C14H21N3O2. The Labute approximate surface area is 113 Å². The van der Waals surface area contributed by atoms with Crippen LogP contribution in [0.15, 0.2) is 24.3 Å². The number of hydrogen-bond acceptors (Lipinski definition) is 3. The molecule has 0 aliphatic rings. The van der Waals surface area contributed by atoms with E-state index in [1.165, 1.54) is 0 Å². The highest BCUT2D eigenvalue weighted by Gasteiger charge is 2.11. The number of amides is 2. The lowest BCUT2D eigenvalue weighted by molar-refractivity contribution is -0.119. The molecule has 0 saturated heterocycles. The highest BCUT2D eigenvalue weighted by molar-refractivity contribution is 5.96. The van der Waals surface area contributed by atoms with Gasteiger partial charge in [0.1, 0.15) is 0 Å². The van der Waals surface area contributed by atoms with Gasteiger partial charge in [0.05, 0.1) is 6.04 Å². The summed E-state index contributed by atoms with van der Waals surface area (Å²) in [6.45, 7) is 5.49. The zero-order valence-electron chi connectivity index (χ0n) is 11.6. The molecular weight excluding hydrogens is 242 g/mol. The lowest BCUT2D eigenvalue weighted by Gasteiger charge is -2.12. The first-order valence-corrected chi connectivity index (χ1v) is 6.41. The minimum absolute atomic E-state index is 0.0614. The van der Waals surface area contributed by atoms with Gasteiger partial charge in [-0.3, -0.25) is 9.59 Å². The summed E-state index contributed by atoms with van der Waals surface area (Å²) in [5.41, 5.74) is 6.92. The first-order chi connectivity index (χ1) is 8.93. The van der Waals surface area contributed by atoms with E-state index in [4.69, 9.17) is 5.73 Å². The summed E-state index contributed by atoms with van der Waals surface area (Å²) >= 11 is 0. The minimum atomic E-state index is -0.520. The minimum Gasteiger partial charge on any atom is -0.326 e. The van der Waals surface area contributed by atoms with Crippen molar-refractivity contribution in [1.29, 1.82) is 0 Å². The third kappa shape index (κ3) is 4.71. The Morgan fingerprint density at radius 2 is 1.68 bits per heavy atom. The zero-order chi connectivity index (χ0) is 14.4. The summed E-state index contributed by atoms with van der Waals surface area (Å²) in [6, 6.07) is 6.49. The van der Waals surface area contributed by atoms with Crippen LogP contribution in [0.4, 0.5) is 11.4 Å². The van der Waals surface area contributed by atoms with E-state index in [1.54, 1.807) is 24.3 Å². The summed E-state index contributed by atoms with van der Waals surface area (Å²) in [6.07, 6.45) is 0.579. The molecule has 0 aromatic heterocycles. The van der Waals surface area contributed by atoms with E-state index >= 15 is 0 Å². The molecule has 0 spiro atoms. The van der Waals surface area contributed by atoms with Gasteiger partial charge in [-0.15, -0.1) is 0 Å². The van der Waals surface area contributed by atoms with Gasteiger partial charge in [0, 0.05) is 17.3 Å². The molecule has 19 heavy (non-hydrogen) atoms.